The summed E-state index contributed by atoms with van der Waals surface area (Å²) in [6.45, 7) is 4.57. The van der Waals surface area contributed by atoms with E-state index in [4.69, 9.17) is 0 Å². The van der Waals surface area contributed by atoms with Gasteiger partial charge in [-0.3, -0.25) is 9.78 Å². The number of aromatic nitrogens is 2. The molecule has 0 aliphatic rings. The highest BCUT2D eigenvalue weighted by Crippen LogP contribution is 2.17. The molecule has 4 heteroatoms. The monoisotopic (exact) mass is 269 g/mol. The fraction of sp³-hybridized carbons (Fsp3) is 0.312. The fourth-order valence-electron chi connectivity index (χ4n) is 2.04. The predicted molar refractivity (Wildman–Crippen MR) is 78.6 cm³/mol. The number of carbonyl (C=O) groups excluding carboxylic acids is 1. The minimum atomic E-state index is -0.174. The van der Waals surface area contributed by atoms with Crippen molar-refractivity contribution >= 4 is 5.91 Å². The van der Waals surface area contributed by atoms with Gasteiger partial charge in [0.15, 0.2) is 0 Å². The lowest BCUT2D eigenvalue weighted by molar-refractivity contribution is 0.0945. The zero-order valence-electron chi connectivity index (χ0n) is 11.8. The van der Waals surface area contributed by atoms with Crippen LogP contribution in [0.15, 0.2) is 42.7 Å². The van der Waals surface area contributed by atoms with Gasteiger partial charge in [0.2, 0.25) is 0 Å². The molecule has 4 nitrogen and oxygen atoms in total. The summed E-state index contributed by atoms with van der Waals surface area (Å²) in [4.78, 5) is 20.2. The molecule has 0 aliphatic heterocycles. The largest absolute Gasteiger partial charge is 0.350 e. The Morgan fingerprint density at radius 1 is 1.20 bits per heavy atom. The van der Waals surface area contributed by atoms with Crippen LogP contribution >= 0.6 is 0 Å². The highest BCUT2D eigenvalue weighted by molar-refractivity contribution is 5.91. The molecule has 1 aromatic heterocycles. The van der Waals surface area contributed by atoms with Gasteiger partial charge in [0.05, 0.1) is 11.9 Å². The second kappa shape index (κ2) is 6.80. The lowest BCUT2D eigenvalue weighted by atomic mass is 9.96. The van der Waals surface area contributed by atoms with E-state index < -0.39 is 0 Å². The van der Waals surface area contributed by atoms with Crippen molar-refractivity contribution in [2.45, 2.75) is 26.2 Å². The normalized spacial score (nSPS) is 11.9. The van der Waals surface area contributed by atoms with Gasteiger partial charge < -0.3 is 5.32 Å². The van der Waals surface area contributed by atoms with E-state index in [2.05, 4.69) is 34.3 Å². The maximum absolute atomic E-state index is 12.0. The first-order valence-electron chi connectivity index (χ1n) is 6.82. The molecule has 0 unspecified atom stereocenters. The number of amides is 1. The molecule has 1 heterocycles. The van der Waals surface area contributed by atoms with Crippen LogP contribution in [0.3, 0.4) is 0 Å². The Balaban J connectivity index is 1.96. The molecule has 1 atom stereocenters. The van der Waals surface area contributed by atoms with Gasteiger partial charge in [0.1, 0.15) is 5.69 Å². The number of rotatable bonds is 5. The number of carbonyl (C=O) groups is 1. The lowest BCUT2D eigenvalue weighted by Crippen LogP contribution is -2.29. The van der Waals surface area contributed by atoms with Gasteiger partial charge in [0, 0.05) is 18.7 Å². The summed E-state index contributed by atoms with van der Waals surface area (Å²) in [6.07, 6.45) is 4.08. The van der Waals surface area contributed by atoms with E-state index in [9.17, 15) is 4.79 Å². The molecule has 0 saturated heterocycles. The van der Waals surface area contributed by atoms with Gasteiger partial charge in [-0.2, -0.15) is 0 Å². The summed E-state index contributed by atoms with van der Waals surface area (Å²) >= 11 is 0. The smallest absolute Gasteiger partial charge is 0.271 e. The summed E-state index contributed by atoms with van der Waals surface area (Å²) < 4.78 is 0. The van der Waals surface area contributed by atoms with Crippen LogP contribution < -0.4 is 5.32 Å². The third-order valence-corrected chi connectivity index (χ3v) is 3.29. The number of nitrogens with one attached hydrogen (secondary N) is 1. The second-order valence-electron chi connectivity index (χ2n) is 4.77. The fourth-order valence-corrected chi connectivity index (χ4v) is 2.04. The van der Waals surface area contributed by atoms with Crippen molar-refractivity contribution in [3.8, 4) is 0 Å². The third kappa shape index (κ3) is 3.63. The van der Waals surface area contributed by atoms with Crippen LogP contribution in [0.4, 0.5) is 0 Å². The zero-order chi connectivity index (χ0) is 14.4. The van der Waals surface area contributed by atoms with Crippen molar-refractivity contribution in [3.63, 3.8) is 0 Å². The highest BCUT2D eigenvalue weighted by atomic mass is 16.1. The van der Waals surface area contributed by atoms with E-state index in [1.165, 1.54) is 11.8 Å². The van der Waals surface area contributed by atoms with Gasteiger partial charge in [-0.1, -0.05) is 37.3 Å². The molecule has 0 aliphatic carbocycles. The molecule has 2 rings (SSSR count). The molecule has 0 spiro atoms. The molecule has 1 N–H and O–H groups in total. The molecule has 2 aromatic rings. The predicted octanol–water partition coefficient (Wildman–Crippen LogP) is 2.71. The average molecular weight is 269 g/mol. The average Bonchev–Trinajstić information content (AvgIpc) is 2.49. The number of benzene rings is 1. The summed E-state index contributed by atoms with van der Waals surface area (Å²) in [5, 5.41) is 2.93. The number of hydrogen-bond donors (Lipinski definition) is 1. The van der Waals surface area contributed by atoms with Crippen molar-refractivity contribution in [2.24, 2.45) is 0 Å². The summed E-state index contributed by atoms with van der Waals surface area (Å²) in [7, 11) is 0. The topological polar surface area (TPSA) is 54.9 Å². The highest BCUT2D eigenvalue weighted by Gasteiger charge is 2.12. The van der Waals surface area contributed by atoms with Crippen LogP contribution in [-0.4, -0.2) is 22.4 Å². The van der Waals surface area contributed by atoms with Crippen molar-refractivity contribution in [1.82, 2.24) is 15.3 Å². The first kappa shape index (κ1) is 14.2. The summed E-state index contributed by atoms with van der Waals surface area (Å²) in [5.74, 6) is 0.144. The molecule has 20 heavy (non-hydrogen) atoms. The van der Waals surface area contributed by atoms with Crippen molar-refractivity contribution in [2.75, 3.05) is 6.54 Å². The van der Waals surface area contributed by atoms with Crippen LogP contribution in [0.2, 0.25) is 0 Å². The Labute approximate surface area is 119 Å². The number of hydrogen-bond acceptors (Lipinski definition) is 3. The summed E-state index contributed by atoms with van der Waals surface area (Å²) in [5.41, 5.74) is 2.40. The van der Waals surface area contributed by atoms with Crippen LogP contribution in [0.1, 0.15) is 41.0 Å². The van der Waals surface area contributed by atoms with Crippen molar-refractivity contribution in [3.05, 3.63) is 59.7 Å². The Morgan fingerprint density at radius 3 is 2.55 bits per heavy atom. The SMILES string of the molecule is CC[C@@H](CNC(=O)c1cnc(C)cn1)c1ccccc1. The van der Waals surface area contributed by atoms with E-state index in [0.717, 1.165) is 12.1 Å². The van der Waals surface area contributed by atoms with Gasteiger partial charge in [-0.25, -0.2) is 4.98 Å². The van der Waals surface area contributed by atoms with Crippen molar-refractivity contribution < 1.29 is 4.79 Å². The Hall–Kier alpha value is -2.23. The molecule has 104 valence electrons. The maximum Gasteiger partial charge on any atom is 0.271 e. The minimum absolute atomic E-state index is 0.174. The maximum atomic E-state index is 12.0. The number of aryl methyl sites for hydroxylation is 1. The van der Waals surface area contributed by atoms with Gasteiger partial charge in [-0.15, -0.1) is 0 Å². The first-order chi connectivity index (χ1) is 9.70. The van der Waals surface area contributed by atoms with E-state index in [-0.39, 0.29) is 5.91 Å². The number of nitrogens with zero attached hydrogens (tertiary/aromatic N) is 2. The third-order valence-electron chi connectivity index (χ3n) is 3.29. The molecule has 0 saturated carbocycles. The minimum Gasteiger partial charge on any atom is -0.350 e. The van der Waals surface area contributed by atoms with Crippen LogP contribution in [0, 0.1) is 6.92 Å². The standard InChI is InChI=1S/C16H19N3O/c1-3-13(14-7-5-4-6-8-14)10-19-16(20)15-11-17-12(2)9-18-15/h4-9,11,13H,3,10H2,1-2H3,(H,19,20)/t13-/m0/s1. The van der Waals surface area contributed by atoms with Crippen LogP contribution in [0.5, 0.6) is 0 Å². The molecule has 0 radical (unpaired) electrons. The zero-order valence-corrected chi connectivity index (χ0v) is 11.8. The van der Waals surface area contributed by atoms with Crippen molar-refractivity contribution in [1.29, 1.82) is 0 Å². The van der Waals surface area contributed by atoms with Crippen LogP contribution in [-0.2, 0) is 0 Å². The van der Waals surface area contributed by atoms with E-state index in [1.807, 2.05) is 25.1 Å². The molecule has 1 amide bonds. The van der Waals surface area contributed by atoms with Crippen LogP contribution in [0.25, 0.3) is 0 Å². The quantitative estimate of drug-likeness (QED) is 0.908. The first-order valence-corrected chi connectivity index (χ1v) is 6.82. The van der Waals surface area contributed by atoms with E-state index in [1.54, 1.807) is 6.20 Å². The Morgan fingerprint density at radius 2 is 1.95 bits per heavy atom. The second-order valence-corrected chi connectivity index (χ2v) is 4.77. The van der Waals surface area contributed by atoms with E-state index in [0.29, 0.717) is 18.2 Å². The Kier molecular flexibility index (Phi) is 4.82. The molecular formula is C16H19N3O. The Bertz CT molecular complexity index is 552. The molecular weight excluding hydrogens is 250 g/mol. The molecule has 0 bridgehead atoms. The van der Waals surface area contributed by atoms with E-state index >= 15 is 0 Å². The molecule has 0 fully saturated rings. The van der Waals surface area contributed by atoms with Gasteiger partial charge in [-0.05, 0) is 18.9 Å². The molecule has 1 aromatic carbocycles. The lowest BCUT2D eigenvalue weighted by Gasteiger charge is -2.16. The summed E-state index contributed by atoms with van der Waals surface area (Å²) in [6, 6.07) is 10.2. The van der Waals surface area contributed by atoms with Gasteiger partial charge >= 0.3 is 0 Å². The van der Waals surface area contributed by atoms with Gasteiger partial charge in [0.25, 0.3) is 5.91 Å².